The molecular weight excluding hydrogens is 757 g/mol. The fourth-order valence-electron chi connectivity index (χ4n) is 7.41. The SMILES string of the molecule is COc1ccc(-c2c(-n3c(=O)[nH]c4c(C(N)=O)nccc43)cc(OC)c(OC)c2OC)cc1C(=O)NCCCCCNC(=O)CCCC[C@@H]1SC[C@@H]2NC(=O)N[C@@H]21. The topological polar surface area (TPSA) is 230 Å². The van der Waals surface area contributed by atoms with Crippen molar-refractivity contribution in [3.8, 4) is 39.8 Å². The van der Waals surface area contributed by atoms with Gasteiger partial charge >= 0.3 is 11.7 Å². The molecule has 0 unspecified atom stereocenters. The van der Waals surface area contributed by atoms with E-state index in [9.17, 15) is 24.0 Å². The van der Waals surface area contributed by atoms with Crippen LogP contribution in [0.25, 0.3) is 27.8 Å². The third kappa shape index (κ3) is 8.75. The van der Waals surface area contributed by atoms with Crippen LogP contribution in [0.2, 0.25) is 0 Å². The molecule has 304 valence electrons. The number of primary amides is 1. The largest absolute Gasteiger partial charge is 0.496 e. The van der Waals surface area contributed by atoms with Crippen LogP contribution in [0.5, 0.6) is 23.0 Å². The highest BCUT2D eigenvalue weighted by Gasteiger charge is 2.42. The molecule has 6 rings (SSSR count). The van der Waals surface area contributed by atoms with Crippen molar-refractivity contribution in [3.63, 3.8) is 0 Å². The maximum absolute atomic E-state index is 13.6. The Bertz CT molecular complexity index is 2210. The molecule has 0 spiro atoms. The molecule has 0 radical (unpaired) electrons. The van der Waals surface area contributed by atoms with E-state index < -0.39 is 11.6 Å². The Hall–Kier alpha value is -5.91. The number of nitrogens with zero attached hydrogens (tertiary/aromatic N) is 2. The minimum absolute atomic E-state index is 0.0272. The number of thioether (sulfide) groups is 1. The fourth-order valence-corrected chi connectivity index (χ4v) is 8.96. The number of hydrogen-bond donors (Lipinski definition) is 6. The van der Waals surface area contributed by atoms with Crippen LogP contribution in [0.4, 0.5) is 4.79 Å². The van der Waals surface area contributed by atoms with Crippen molar-refractivity contribution in [1.82, 2.24) is 35.8 Å². The summed E-state index contributed by atoms with van der Waals surface area (Å²) in [7, 11) is 5.82. The molecule has 0 saturated carbocycles. The number of methoxy groups -OCH3 is 4. The monoisotopic (exact) mass is 804 g/mol. The Labute approximate surface area is 333 Å². The van der Waals surface area contributed by atoms with Crippen LogP contribution < -0.4 is 51.6 Å². The lowest BCUT2D eigenvalue weighted by Gasteiger charge is -2.21. The smallest absolute Gasteiger partial charge is 0.331 e. The first kappa shape index (κ1) is 40.7. The van der Waals surface area contributed by atoms with E-state index in [1.165, 1.54) is 39.2 Å². The number of H-pyrrole nitrogens is 1. The van der Waals surface area contributed by atoms with Crippen molar-refractivity contribution in [1.29, 1.82) is 0 Å². The number of hydrogen-bond acceptors (Lipinski definition) is 11. The summed E-state index contributed by atoms with van der Waals surface area (Å²) in [5.41, 5.74) is 6.74. The van der Waals surface area contributed by atoms with Crippen molar-refractivity contribution in [2.75, 3.05) is 47.3 Å². The van der Waals surface area contributed by atoms with Gasteiger partial charge in [0.2, 0.25) is 11.7 Å². The predicted molar refractivity (Wildman–Crippen MR) is 215 cm³/mol. The van der Waals surface area contributed by atoms with E-state index in [1.807, 2.05) is 11.8 Å². The third-order valence-corrected chi connectivity index (χ3v) is 11.7. The molecule has 2 aromatic carbocycles. The van der Waals surface area contributed by atoms with Crippen LogP contribution in [-0.4, -0.2) is 103 Å². The van der Waals surface area contributed by atoms with Crippen LogP contribution >= 0.6 is 11.8 Å². The highest BCUT2D eigenvalue weighted by atomic mass is 32.2. The van der Waals surface area contributed by atoms with Gasteiger partial charge in [-0.25, -0.2) is 14.6 Å². The normalized spacial score (nSPS) is 17.1. The molecule has 5 amide bonds. The number of carbonyl (C=O) groups is 4. The molecular formula is C39H48N8O9S. The van der Waals surface area contributed by atoms with Crippen LogP contribution in [-0.2, 0) is 4.79 Å². The third-order valence-electron chi connectivity index (χ3n) is 10.2. The maximum Gasteiger partial charge on any atom is 0.331 e. The summed E-state index contributed by atoms with van der Waals surface area (Å²) >= 11 is 1.88. The van der Waals surface area contributed by atoms with Gasteiger partial charge in [0.15, 0.2) is 17.2 Å². The summed E-state index contributed by atoms with van der Waals surface area (Å²) in [6.45, 7) is 0.945. The summed E-state index contributed by atoms with van der Waals surface area (Å²) < 4.78 is 24.1. The fraction of sp³-hybridized carbons (Fsp3) is 0.436. The van der Waals surface area contributed by atoms with Crippen LogP contribution in [0, 0.1) is 0 Å². The molecule has 18 heteroatoms. The Kier molecular flexibility index (Phi) is 13.1. The van der Waals surface area contributed by atoms with Gasteiger partial charge in [-0.3, -0.25) is 19.0 Å². The van der Waals surface area contributed by atoms with Gasteiger partial charge in [0.05, 0.1) is 68.4 Å². The number of aromatic amines is 1. The van der Waals surface area contributed by atoms with Gasteiger partial charge in [-0.05, 0) is 55.9 Å². The lowest BCUT2D eigenvalue weighted by molar-refractivity contribution is -0.121. The number of nitrogens with one attached hydrogen (secondary N) is 5. The minimum atomic E-state index is -0.813. The Morgan fingerprint density at radius 3 is 2.37 bits per heavy atom. The zero-order chi connectivity index (χ0) is 40.6. The van der Waals surface area contributed by atoms with Gasteiger partial charge in [0.1, 0.15) is 5.75 Å². The zero-order valence-corrected chi connectivity index (χ0v) is 33.1. The van der Waals surface area contributed by atoms with Gasteiger partial charge in [0.25, 0.3) is 11.8 Å². The summed E-state index contributed by atoms with van der Waals surface area (Å²) in [5.74, 6) is 0.829. The van der Waals surface area contributed by atoms with E-state index >= 15 is 0 Å². The summed E-state index contributed by atoms with van der Waals surface area (Å²) in [6.07, 6.45) is 6.79. The lowest BCUT2D eigenvalue weighted by Crippen LogP contribution is -2.36. The highest BCUT2D eigenvalue weighted by Crippen LogP contribution is 2.49. The number of carbonyl (C=O) groups excluding carboxylic acids is 4. The van der Waals surface area contributed by atoms with E-state index in [0.717, 1.165) is 37.9 Å². The predicted octanol–water partition coefficient (Wildman–Crippen LogP) is 3.26. The molecule has 2 aliphatic heterocycles. The van der Waals surface area contributed by atoms with Gasteiger partial charge in [0, 0.05) is 42.8 Å². The molecule has 0 bridgehead atoms. The van der Waals surface area contributed by atoms with Crippen molar-refractivity contribution in [2.45, 2.75) is 62.3 Å². The number of imidazole rings is 1. The molecule has 3 atom stereocenters. The average Bonchev–Trinajstić information content (AvgIpc) is 3.88. The first-order valence-corrected chi connectivity index (χ1v) is 19.8. The number of aromatic nitrogens is 3. The average molecular weight is 805 g/mol. The molecule has 17 nitrogen and oxygen atoms in total. The number of benzene rings is 2. The van der Waals surface area contributed by atoms with E-state index in [1.54, 1.807) is 30.3 Å². The number of amides is 5. The van der Waals surface area contributed by atoms with Crippen molar-refractivity contribution >= 4 is 46.5 Å². The molecule has 7 N–H and O–H groups in total. The first-order chi connectivity index (χ1) is 27.6. The number of nitrogens with two attached hydrogens (primary N) is 1. The molecule has 2 fully saturated rings. The van der Waals surface area contributed by atoms with Gasteiger partial charge in [-0.1, -0.05) is 12.5 Å². The molecule has 2 aromatic heterocycles. The van der Waals surface area contributed by atoms with Crippen LogP contribution in [0.3, 0.4) is 0 Å². The Morgan fingerprint density at radius 2 is 1.65 bits per heavy atom. The number of fused-ring (bicyclic) bond motifs is 2. The molecule has 2 saturated heterocycles. The number of pyridine rings is 1. The van der Waals surface area contributed by atoms with Gasteiger partial charge in [-0.2, -0.15) is 11.8 Å². The zero-order valence-electron chi connectivity index (χ0n) is 32.3. The second-order valence-electron chi connectivity index (χ2n) is 13.7. The lowest BCUT2D eigenvalue weighted by atomic mass is 9.98. The Morgan fingerprint density at radius 1 is 0.895 bits per heavy atom. The number of urea groups is 1. The van der Waals surface area contributed by atoms with Crippen LogP contribution in [0.1, 0.15) is 65.8 Å². The number of rotatable bonds is 19. The van der Waals surface area contributed by atoms with E-state index in [-0.39, 0.29) is 64.0 Å². The van der Waals surface area contributed by atoms with E-state index in [2.05, 4.69) is 31.2 Å². The van der Waals surface area contributed by atoms with Gasteiger partial charge < -0.3 is 50.9 Å². The molecule has 0 aliphatic carbocycles. The summed E-state index contributed by atoms with van der Waals surface area (Å²) in [4.78, 5) is 70.1. The molecule has 57 heavy (non-hydrogen) atoms. The molecule has 2 aliphatic rings. The first-order valence-electron chi connectivity index (χ1n) is 18.7. The summed E-state index contributed by atoms with van der Waals surface area (Å²) in [5, 5.41) is 12.3. The number of unbranched alkanes of at least 4 members (excludes halogenated alkanes) is 3. The second-order valence-corrected chi connectivity index (χ2v) is 14.9. The molecule has 4 heterocycles. The maximum atomic E-state index is 13.6. The van der Waals surface area contributed by atoms with E-state index in [0.29, 0.717) is 59.3 Å². The number of ether oxygens (including phenoxy) is 4. The minimum Gasteiger partial charge on any atom is -0.496 e. The summed E-state index contributed by atoms with van der Waals surface area (Å²) in [6, 6.07) is 8.48. The van der Waals surface area contributed by atoms with Crippen molar-refractivity contribution in [2.24, 2.45) is 5.73 Å². The van der Waals surface area contributed by atoms with Crippen LogP contribution in [0.15, 0.2) is 41.3 Å². The molecule has 4 aromatic rings. The standard InChI is InChI=1S/C39H48N8O9S/c1-53-26-13-12-21(30-25(19-27(54-2)34(55-3)35(30)56-4)47-24-14-17-42-33(36(40)49)32(24)46-39(47)52)18-22(26)37(50)43-16-9-5-8-15-41-29(48)11-7-6-10-28-31-23(20-57-28)44-38(51)45-31/h12-14,17-19,23,28,31H,5-11,15-16,20H2,1-4H3,(H2,40,49)(H,41,48)(H,43,50)(H,46,52)(H2,44,45,51)/t23-,28-,31-/m0/s1. The van der Waals surface area contributed by atoms with Crippen molar-refractivity contribution < 1.29 is 38.1 Å². The van der Waals surface area contributed by atoms with E-state index in [4.69, 9.17) is 24.7 Å². The highest BCUT2D eigenvalue weighted by molar-refractivity contribution is 8.00. The van der Waals surface area contributed by atoms with Gasteiger partial charge in [-0.15, -0.1) is 0 Å². The quantitative estimate of drug-likeness (QED) is 0.0595. The Balaban J connectivity index is 1.09. The second kappa shape index (κ2) is 18.4. The van der Waals surface area contributed by atoms with Crippen molar-refractivity contribution in [3.05, 3.63) is 58.3 Å².